The number of nitrogens with two attached hydrogens (primary N) is 3. The van der Waals surface area contributed by atoms with Gasteiger partial charge in [0.25, 0.3) is 0 Å². The van der Waals surface area contributed by atoms with Crippen LogP contribution in [-0.2, 0) is 78.3 Å². The lowest BCUT2D eigenvalue weighted by Crippen LogP contribution is -2.62. The molecule has 106 heavy (non-hydrogen) atoms. The third-order valence-electron chi connectivity index (χ3n) is 19.5. The molecule has 0 unspecified atom stereocenters. The summed E-state index contributed by atoms with van der Waals surface area (Å²) in [4.78, 5) is 225. The van der Waals surface area contributed by atoms with E-state index < -0.39 is 205 Å². The second kappa shape index (κ2) is 42.5. The molecule has 0 aromatic heterocycles. The van der Waals surface area contributed by atoms with Crippen LogP contribution in [0.4, 0.5) is 0 Å². The first-order chi connectivity index (χ1) is 50.5. The maximum Gasteiger partial charge on any atom is 0.305 e. The van der Waals surface area contributed by atoms with Crippen LogP contribution in [0.2, 0.25) is 0 Å². The summed E-state index contributed by atoms with van der Waals surface area (Å²) in [6, 6.07) is -11.1. The van der Waals surface area contributed by atoms with Gasteiger partial charge in [-0.3, -0.25) is 76.9 Å². The molecule has 6 rings (SSSR count). The molecule has 14 amide bonds. The Hall–Kier alpha value is -8.88. The van der Waals surface area contributed by atoms with Crippen molar-refractivity contribution in [2.45, 2.75) is 222 Å². The van der Waals surface area contributed by atoms with Crippen molar-refractivity contribution in [3.63, 3.8) is 0 Å². The zero-order chi connectivity index (χ0) is 77.9. The Labute approximate surface area is 623 Å². The molecule has 5 aliphatic heterocycles. The van der Waals surface area contributed by atoms with Gasteiger partial charge >= 0.3 is 5.97 Å². The van der Waals surface area contributed by atoms with Crippen LogP contribution in [0.5, 0.6) is 0 Å². The summed E-state index contributed by atoms with van der Waals surface area (Å²) in [5.41, 5.74) is 17.5. The summed E-state index contributed by atoms with van der Waals surface area (Å²) in [5, 5.41) is 60.2. The van der Waals surface area contributed by atoms with E-state index >= 15 is 14.4 Å². The lowest BCUT2D eigenvalue weighted by atomic mass is 9.96. The molecule has 20 N–H and O–H groups in total. The first-order valence-corrected chi connectivity index (χ1v) is 38.8. The molecule has 38 heteroatoms. The summed E-state index contributed by atoms with van der Waals surface area (Å²) >= 11 is 0. The topological polar surface area (TPSA) is 549 Å². The average Bonchev–Trinajstić information content (AvgIpc) is 1.45. The highest BCUT2D eigenvalue weighted by molar-refractivity contribution is 8.76. The number of benzene rings is 1. The Kier molecular flexibility index (Phi) is 34.5. The van der Waals surface area contributed by atoms with Crippen LogP contribution in [0.15, 0.2) is 35.3 Å². The number of aliphatic hydroxyl groups is 2. The fourth-order valence-corrected chi connectivity index (χ4v) is 15.4. The zero-order valence-electron chi connectivity index (χ0n) is 60.6. The van der Waals surface area contributed by atoms with E-state index in [9.17, 15) is 72.9 Å². The summed E-state index contributed by atoms with van der Waals surface area (Å²) < 4.78 is 0. The number of aliphatic imine (C=N–C) groups is 1. The molecule has 0 spiro atoms. The van der Waals surface area contributed by atoms with E-state index in [4.69, 9.17) is 17.2 Å². The number of carboxylic acids is 1. The number of guanidine groups is 1. The van der Waals surface area contributed by atoms with Crippen molar-refractivity contribution >= 4 is 116 Å². The van der Waals surface area contributed by atoms with Gasteiger partial charge in [-0.15, -0.1) is 0 Å². The fraction of sp³-hybridized carbons (Fsp3) is 0.676. The smallest absolute Gasteiger partial charge is 0.305 e. The van der Waals surface area contributed by atoms with Crippen molar-refractivity contribution in [1.29, 1.82) is 0 Å². The highest BCUT2D eigenvalue weighted by Gasteiger charge is 2.47. The number of hydrogen-bond donors (Lipinski definition) is 17. The van der Waals surface area contributed by atoms with Gasteiger partial charge in [-0.1, -0.05) is 92.5 Å². The van der Waals surface area contributed by atoms with Crippen LogP contribution < -0.4 is 75.7 Å². The number of aliphatic hydroxyl groups excluding tert-OH is 2. The molecule has 588 valence electrons. The van der Waals surface area contributed by atoms with E-state index in [1.165, 1.54) is 14.7 Å². The van der Waals surface area contributed by atoms with Crippen LogP contribution in [0.25, 0.3) is 0 Å². The van der Waals surface area contributed by atoms with E-state index in [0.29, 0.717) is 37.7 Å². The van der Waals surface area contributed by atoms with Crippen molar-refractivity contribution in [2.24, 2.45) is 34.0 Å². The van der Waals surface area contributed by atoms with Gasteiger partial charge in [0.2, 0.25) is 82.7 Å². The van der Waals surface area contributed by atoms with Gasteiger partial charge in [0.15, 0.2) is 5.96 Å². The van der Waals surface area contributed by atoms with Crippen LogP contribution in [0.3, 0.4) is 0 Å². The maximum atomic E-state index is 15.3. The highest BCUT2D eigenvalue weighted by atomic mass is 33.1. The van der Waals surface area contributed by atoms with Crippen molar-refractivity contribution < 1.29 is 87.2 Å². The predicted octanol–water partition coefficient (Wildman–Crippen LogP) is -4.91. The molecule has 16 atom stereocenters. The van der Waals surface area contributed by atoms with Crippen molar-refractivity contribution in [2.75, 3.05) is 57.4 Å². The van der Waals surface area contributed by atoms with E-state index in [0.717, 1.165) is 28.5 Å². The Morgan fingerprint density at radius 3 is 1.66 bits per heavy atom. The van der Waals surface area contributed by atoms with Crippen molar-refractivity contribution in [3.05, 3.63) is 35.9 Å². The number of nitrogens with one attached hydrogen (secondary N) is 11. The Balaban J connectivity index is 1.49. The molecule has 0 saturated carbocycles. The molecule has 36 nitrogen and oxygen atoms in total. The minimum absolute atomic E-state index is 0.00761. The van der Waals surface area contributed by atoms with Gasteiger partial charge in [0.05, 0.1) is 25.7 Å². The molecule has 5 heterocycles. The SMILES string of the molecule is CC[C@H](C)[C@@H]1NC(=O)[C@@H]2CCCN2C(=O)[C@@H]2CCCN2C(=O)[C@H]([C@@H](C)CC)NC(=O)[C@H](CO)NC(=O)[C@H](CCCCN)NC(=O)[C@H]([C@@H](C)O)NC(=O)[C@@H]2CCSSC[C@H](NC1=O)C(=O)N[C@@H](Cc1ccccc1)C(=O)N1CCC[C@@H]1C(=O)N[C@@H](CC(=O)O)C(=O)NCC(=O)N[C@@H](CCCN=C(N)N)C(=O)N2. The lowest BCUT2D eigenvalue weighted by molar-refractivity contribution is -0.149. The second-order valence-electron chi connectivity index (χ2n) is 27.3. The number of fused-ring (bicyclic) bond motifs is 9. The summed E-state index contributed by atoms with van der Waals surface area (Å²) in [7, 11) is 2.02. The predicted molar refractivity (Wildman–Crippen MR) is 389 cm³/mol. The first kappa shape index (κ1) is 86.0. The summed E-state index contributed by atoms with van der Waals surface area (Å²) in [5.74, 6) is -16.5. The van der Waals surface area contributed by atoms with Gasteiger partial charge in [-0.2, -0.15) is 0 Å². The number of carbonyl (C=O) groups excluding carboxylic acids is 14. The van der Waals surface area contributed by atoms with E-state index in [-0.39, 0.29) is 114 Å². The van der Waals surface area contributed by atoms with Crippen LogP contribution >= 0.6 is 21.6 Å². The minimum atomic E-state index is -1.91. The normalized spacial score (nSPS) is 28.5. The van der Waals surface area contributed by atoms with Crippen LogP contribution in [0, 0.1) is 11.8 Å². The molecule has 5 fully saturated rings. The molecule has 0 aliphatic carbocycles. The molecule has 0 radical (unpaired) electrons. The van der Waals surface area contributed by atoms with Gasteiger partial charge < -0.3 is 106 Å². The number of unbranched alkanes of at least 4 members (excludes halogenated alkanes) is 1. The Bertz CT molecular complexity index is 3320. The zero-order valence-corrected chi connectivity index (χ0v) is 62.2. The van der Waals surface area contributed by atoms with Gasteiger partial charge in [-0.25, -0.2) is 0 Å². The Morgan fingerprint density at radius 2 is 1.05 bits per heavy atom. The average molecular weight is 1530 g/mol. The molecule has 5 saturated heterocycles. The molecule has 1 aromatic carbocycles. The quantitative estimate of drug-likeness (QED) is 0.0283. The molecule has 5 aliphatic rings. The van der Waals surface area contributed by atoms with E-state index in [2.05, 4.69) is 63.5 Å². The van der Waals surface area contributed by atoms with Crippen LogP contribution in [-0.4, -0.2) is 267 Å². The molecular weight excluding hydrogens is 1420 g/mol. The third-order valence-corrected chi connectivity index (χ3v) is 22.0. The first-order valence-electron chi connectivity index (χ1n) is 36.3. The number of carboxylic acid groups (broad SMARTS) is 1. The number of amides is 14. The second-order valence-corrected chi connectivity index (χ2v) is 30.0. The van der Waals surface area contributed by atoms with Gasteiger partial charge in [0, 0.05) is 44.1 Å². The summed E-state index contributed by atoms with van der Waals surface area (Å²) in [6.45, 7) is 6.32. The molecule has 1 aromatic rings. The van der Waals surface area contributed by atoms with Gasteiger partial charge in [0.1, 0.15) is 78.5 Å². The van der Waals surface area contributed by atoms with Crippen molar-refractivity contribution in [1.82, 2.24) is 73.2 Å². The minimum Gasteiger partial charge on any atom is -0.481 e. The monoisotopic (exact) mass is 1530 g/mol. The molecular formula is C68H106N18O18S2. The number of carbonyl (C=O) groups is 15. The number of aliphatic carboxylic acids is 1. The lowest BCUT2D eigenvalue weighted by Gasteiger charge is -2.35. The standard InChI is InChI=1S/C68H106N18O18S2/c1-6-36(3)52-63(100)80-46-35-106-105-30-24-42(75-56(93)40(20-13-26-72-68(70)71)74-50(89)33-73-55(92)43(32-51(90)91)77-61(98)47-21-14-27-84(47)65(102)44(78-60(46)97)31-39-17-9-8-10-18-39)58(95)83-54(38(5)88)64(101)76-41(19-11-12-25-69)57(94)79-45(34-87)59(96)82-53(37(4)7-2)67(104)86-29-16-23-49(86)66(103)85-28-15-22-48(85)62(99)81-52/h8-10,17-18,36-38,40-49,52-54,87-88H,6-7,11-16,19-35,69H2,1-5H3,(H,73,92)(H,74,89)(H,75,93)(H,76,101)(H,77,98)(H,78,97)(H,79,94)(H,80,100)(H,81,99)(H,82,96)(H,83,95)(H,90,91)(H4,70,71,72)/t36-,37-,38+,40-,41-,42-,43-,44-,45-,46-,47+,48-,49-,52-,53-,54-/m0/s1. The van der Waals surface area contributed by atoms with E-state index in [1.54, 1.807) is 58.0 Å². The van der Waals surface area contributed by atoms with Crippen LogP contribution in [0.1, 0.15) is 136 Å². The number of hydrogen-bond acceptors (Lipinski definition) is 21. The number of nitrogens with zero attached hydrogens (tertiary/aromatic N) is 4. The maximum absolute atomic E-state index is 15.3. The highest BCUT2D eigenvalue weighted by Crippen LogP contribution is 2.29. The van der Waals surface area contributed by atoms with Crippen molar-refractivity contribution in [3.8, 4) is 0 Å². The number of rotatable bonds is 18. The van der Waals surface area contributed by atoms with E-state index in [1.807, 2.05) is 0 Å². The Morgan fingerprint density at radius 1 is 0.538 bits per heavy atom. The third kappa shape index (κ3) is 24.9. The van der Waals surface area contributed by atoms with Gasteiger partial charge in [-0.05, 0) is 108 Å². The molecule has 2 bridgehead atoms. The summed E-state index contributed by atoms with van der Waals surface area (Å²) in [6.07, 6.45) is -1.16. The fourth-order valence-electron chi connectivity index (χ4n) is 13.1. The largest absolute Gasteiger partial charge is 0.481 e.